The quantitative estimate of drug-likeness (QED) is 0.887. The van der Waals surface area contributed by atoms with Crippen molar-refractivity contribution in [2.45, 2.75) is 47.9 Å². The minimum atomic E-state index is -3.15. The predicted molar refractivity (Wildman–Crippen MR) is 64.5 cm³/mol. The zero-order valence-electron chi connectivity index (χ0n) is 9.59. The van der Waals surface area contributed by atoms with Crippen LogP contribution in [0, 0.1) is 0 Å². The summed E-state index contributed by atoms with van der Waals surface area (Å²) in [6.07, 6.45) is 3.59. The Bertz CT molecular complexity index is 540. The van der Waals surface area contributed by atoms with E-state index < -0.39 is 15.4 Å². The van der Waals surface area contributed by atoms with Crippen molar-refractivity contribution in [3.63, 3.8) is 0 Å². The first-order valence-corrected chi connectivity index (χ1v) is 7.60. The molecular weight excluding hydrogens is 236 g/mol. The number of aliphatic hydroxyl groups is 1. The lowest BCUT2D eigenvalue weighted by Gasteiger charge is -2.12. The second kappa shape index (κ2) is 3.56. The zero-order valence-corrected chi connectivity index (χ0v) is 10.4. The minimum Gasteiger partial charge on any atom is -0.390 e. The lowest BCUT2D eigenvalue weighted by molar-refractivity contribution is 0.150. The van der Waals surface area contributed by atoms with Crippen molar-refractivity contribution in [1.29, 1.82) is 0 Å². The molecule has 0 aromatic heterocycles. The highest BCUT2D eigenvalue weighted by atomic mass is 32.2. The van der Waals surface area contributed by atoms with Crippen LogP contribution in [-0.2, 0) is 16.3 Å². The van der Waals surface area contributed by atoms with Gasteiger partial charge in [-0.15, -0.1) is 0 Å². The van der Waals surface area contributed by atoms with Crippen LogP contribution in [0.1, 0.15) is 31.2 Å². The molecule has 0 saturated heterocycles. The highest BCUT2D eigenvalue weighted by molar-refractivity contribution is 7.92. The van der Waals surface area contributed by atoms with Crippen LogP contribution in [0.25, 0.3) is 0 Å². The van der Waals surface area contributed by atoms with E-state index in [0.717, 1.165) is 31.2 Å². The SMILES string of the molecule is O=S(=O)(c1ccccc1CC1(O)CC1)C1CC1. The second-order valence-corrected chi connectivity index (χ2v) is 7.45. The topological polar surface area (TPSA) is 54.4 Å². The molecule has 17 heavy (non-hydrogen) atoms. The largest absolute Gasteiger partial charge is 0.390 e. The van der Waals surface area contributed by atoms with Gasteiger partial charge in [0.15, 0.2) is 9.84 Å². The fraction of sp³-hybridized carbons (Fsp3) is 0.538. The Morgan fingerprint density at radius 3 is 2.47 bits per heavy atom. The molecule has 1 N–H and O–H groups in total. The molecule has 1 aromatic rings. The van der Waals surface area contributed by atoms with Crippen LogP contribution < -0.4 is 0 Å². The fourth-order valence-electron chi connectivity index (χ4n) is 2.16. The number of benzene rings is 1. The monoisotopic (exact) mass is 252 g/mol. The van der Waals surface area contributed by atoms with Crippen molar-refractivity contribution < 1.29 is 13.5 Å². The molecule has 2 fully saturated rings. The third-order valence-electron chi connectivity index (χ3n) is 3.59. The molecule has 92 valence electrons. The van der Waals surface area contributed by atoms with Crippen LogP contribution in [0.5, 0.6) is 0 Å². The average molecular weight is 252 g/mol. The van der Waals surface area contributed by atoms with E-state index in [0.29, 0.717) is 11.3 Å². The van der Waals surface area contributed by atoms with Crippen molar-refractivity contribution >= 4 is 9.84 Å². The Kier molecular flexibility index (Phi) is 2.35. The van der Waals surface area contributed by atoms with Gasteiger partial charge in [-0.25, -0.2) is 8.42 Å². The molecule has 2 aliphatic carbocycles. The summed E-state index contributed by atoms with van der Waals surface area (Å²) in [5.74, 6) is 0. The Hall–Kier alpha value is -0.870. The maximum absolute atomic E-state index is 12.2. The smallest absolute Gasteiger partial charge is 0.181 e. The van der Waals surface area contributed by atoms with Gasteiger partial charge in [-0.1, -0.05) is 18.2 Å². The summed E-state index contributed by atoms with van der Waals surface area (Å²) in [5.41, 5.74) is 0.134. The van der Waals surface area contributed by atoms with Crippen LogP contribution in [-0.4, -0.2) is 24.4 Å². The normalized spacial score (nSPS) is 22.4. The fourth-order valence-corrected chi connectivity index (χ4v) is 4.05. The number of hydrogen-bond donors (Lipinski definition) is 1. The van der Waals surface area contributed by atoms with E-state index in [4.69, 9.17) is 0 Å². The summed E-state index contributed by atoms with van der Waals surface area (Å²) in [6.45, 7) is 0. The van der Waals surface area contributed by atoms with Crippen LogP contribution >= 0.6 is 0 Å². The Morgan fingerprint density at radius 2 is 1.88 bits per heavy atom. The van der Waals surface area contributed by atoms with E-state index in [1.165, 1.54) is 0 Å². The van der Waals surface area contributed by atoms with Gasteiger partial charge >= 0.3 is 0 Å². The van der Waals surface area contributed by atoms with Crippen LogP contribution in [0.2, 0.25) is 0 Å². The molecule has 3 rings (SSSR count). The second-order valence-electron chi connectivity index (χ2n) is 5.25. The molecule has 0 heterocycles. The lowest BCUT2D eigenvalue weighted by atomic mass is 10.1. The van der Waals surface area contributed by atoms with Crippen molar-refractivity contribution in [2.24, 2.45) is 0 Å². The van der Waals surface area contributed by atoms with Gasteiger partial charge in [0.2, 0.25) is 0 Å². The molecule has 4 heteroatoms. The van der Waals surface area contributed by atoms with Gasteiger partial charge in [-0.3, -0.25) is 0 Å². The third kappa shape index (κ3) is 2.11. The maximum atomic E-state index is 12.2. The molecule has 0 unspecified atom stereocenters. The highest BCUT2D eigenvalue weighted by Gasteiger charge is 2.43. The van der Waals surface area contributed by atoms with Gasteiger partial charge in [-0.2, -0.15) is 0 Å². The minimum absolute atomic E-state index is 0.183. The zero-order chi connectivity index (χ0) is 12.1. The standard InChI is InChI=1S/C13H16O3S/c14-13(7-8-13)9-10-3-1-2-4-12(10)17(15,16)11-5-6-11/h1-4,11,14H,5-9H2. The van der Waals surface area contributed by atoms with Crippen molar-refractivity contribution in [2.75, 3.05) is 0 Å². The van der Waals surface area contributed by atoms with Crippen LogP contribution in [0.4, 0.5) is 0 Å². The molecular formula is C13H16O3S. The van der Waals surface area contributed by atoms with Gasteiger partial charge in [0.1, 0.15) is 0 Å². The van der Waals surface area contributed by atoms with Gasteiger partial charge in [0.25, 0.3) is 0 Å². The van der Waals surface area contributed by atoms with E-state index >= 15 is 0 Å². The average Bonchev–Trinajstić information content (AvgIpc) is 3.14. The van der Waals surface area contributed by atoms with E-state index in [1.807, 2.05) is 12.1 Å². The molecule has 0 bridgehead atoms. The summed E-state index contributed by atoms with van der Waals surface area (Å²) in [4.78, 5) is 0.433. The van der Waals surface area contributed by atoms with Crippen molar-refractivity contribution in [1.82, 2.24) is 0 Å². The highest BCUT2D eigenvalue weighted by Crippen LogP contribution is 2.41. The molecule has 0 atom stereocenters. The van der Waals surface area contributed by atoms with Crippen molar-refractivity contribution in [3.8, 4) is 0 Å². The van der Waals surface area contributed by atoms with Gasteiger partial charge in [0, 0.05) is 6.42 Å². The molecule has 0 spiro atoms. The van der Waals surface area contributed by atoms with E-state index in [1.54, 1.807) is 12.1 Å². The molecule has 1 aromatic carbocycles. The Morgan fingerprint density at radius 1 is 1.24 bits per heavy atom. The number of rotatable bonds is 4. The van der Waals surface area contributed by atoms with Gasteiger partial charge < -0.3 is 5.11 Å². The third-order valence-corrected chi connectivity index (χ3v) is 5.95. The first kappa shape index (κ1) is 11.2. The van der Waals surface area contributed by atoms with Gasteiger partial charge in [-0.05, 0) is 37.3 Å². The molecule has 0 aliphatic heterocycles. The predicted octanol–water partition coefficient (Wildman–Crippen LogP) is 1.69. The van der Waals surface area contributed by atoms with E-state index in [2.05, 4.69) is 0 Å². The summed E-state index contributed by atoms with van der Waals surface area (Å²) in [5, 5.41) is 9.75. The van der Waals surface area contributed by atoms with Crippen LogP contribution in [0.15, 0.2) is 29.2 Å². The Balaban J connectivity index is 1.98. The summed E-state index contributed by atoms with van der Waals surface area (Å²) in [6, 6.07) is 7.10. The maximum Gasteiger partial charge on any atom is 0.181 e. The first-order chi connectivity index (χ1) is 8.01. The number of sulfone groups is 1. The molecule has 2 aliphatic rings. The van der Waals surface area contributed by atoms with E-state index in [9.17, 15) is 13.5 Å². The summed E-state index contributed by atoms with van der Waals surface area (Å²) >= 11 is 0. The molecule has 0 amide bonds. The van der Waals surface area contributed by atoms with Crippen molar-refractivity contribution in [3.05, 3.63) is 29.8 Å². The van der Waals surface area contributed by atoms with Gasteiger partial charge in [0.05, 0.1) is 15.7 Å². The molecule has 2 saturated carbocycles. The lowest BCUT2D eigenvalue weighted by Crippen LogP contribution is -2.16. The summed E-state index contributed by atoms with van der Waals surface area (Å²) in [7, 11) is -3.15. The van der Waals surface area contributed by atoms with E-state index in [-0.39, 0.29) is 5.25 Å². The van der Waals surface area contributed by atoms with Crippen LogP contribution in [0.3, 0.4) is 0 Å². The molecule has 0 radical (unpaired) electrons. The molecule has 3 nitrogen and oxygen atoms in total. The number of hydrogen-bond acceptors (Lipinski definition) is 3. The Labute approximate surface area is 101 Å². The first-order valence-electron chi connectivity index (χ1n) is 6.05. The summed E-state index contributed by atoms with van der Waals surface area (Å²) < 4.78 is 24.5.